The van der Waals surface area contributed by atoms with Gasteiger partial charge in [0.15, 0.2) is 17.0 Å². The number of furan rings is 4. The quantitative estimate of drug-likeness (QED) is 0.170. The van der Waals surface area contributed by atoms with Crippen LogP contribution in [0.25, 0.3) is 87.8 Å². The Kier molecular flexibility index (Phi) is 7.48. The van der Waals surface area contributed by atoms with Crippen molar-refractivity contribution in [1.82, 2.24) is 0 Å². The van der Waals surface area contributed by atoms with E-state index in [4.69, 9.17) is 27.1 Å². The van der Waals surface area contributed by atoms with Gasteiger partial charge in [-0.1, -0.05) is 146 Å². The maximum Gasteiger partial charge on any atom is 0.164 e. The Bertz CT molecular complexity index is 3330. The molecule has 0 amide bonds. The molecular weight excluding hydrogens is 789 g/mol. The van der Waals surface area contributed by atoms with Crippen LogP contribution in [0.5, 0.6) is 0 Å². The van der Waals surface area contributed by atoms with Crippen molar-refractivity contribution < 1.29 is 37.4 Å². The van der Waals surface area contributed by atoms with Crippen LogP contribution in [0.4, 0.5) is 0 Å². The number of rotatable bonds is 6. The van der Waals surface area contributed by atoms with Gasteiger partial charge in [-0.15, -0.1) is 0 Å². The number of ether oxygens (including phenoxy) is 2. The molecule has 5 heterocycles. The molecule has 8 nitrogen and oxygen atoms in total. The highest BCUT2D eigenvalue weighted by Gasteiger charge is 2.63. The van der Waals surface area contributed by atoms with E-state index in [0.29, 0.717) is 66.9 Å². The zero-order chi connectivity index (χ0) is 42.2. The molecule has 0 radical (unpaired) electrons. The maximum atomic E-state index is 14.5. The van der Waals surface area contributed by atoms with E-state index in [2.05, 4.69) is 0 Å². The molecule has 2 N–H and O–H groups in total. The molecule has 0 bridgehead atoms. The SMILES string of the molecule is CC1(C)O[C@@H](C(O)(c2cccc3c2oc2ccccc23)c2cccc3c2oc2ccccc23)[C@H](C(O)(c2cccc3c2oc2ccccc23)c2cccc3c2oc2ccccc23)O1. The monoisotopic (exact) mass is 826 g/mol. The molecule has 1 aliphatic rings. The Labute approximate surface area is 359 Å². The van der Waals surface area contributed by atoms with Gasteiger partial charge in [-0.3, -0.25) is 0 Å². The lowest BCUT2D eigenvalue weighted by atomic mass is 9.71. The second kappa shape index (κ2) is 12.9. The van der Waals surface area contributed by atoms with Gasteiger partial charge in [0.1, 0.15) is 56.9 Å². The van der Waals surface area contributed by atoms with Crippen molar-refractivity contribution in [3.05, 3.63) is 192 Å². The topological polar surface area (TPSA) is 111 Å². The zero-order valence-corrected chi connectivity index (χ0v) is 34.2. The van der Waals surface area contributed by atoms with Crippen molar-refractivity contribution in [2.75, 3.05) is 0 Å². The predicted molar refractivity (Wildman–Crippen MR) is 245 cm³/mol. The number of fused-ring (bicyclic) bond motifs is 12. The van der Waals surface area contributed by atoms with Crippen LogP contribution in [0, 0.1) is 0 Å². The van der Waals surface area contributed by atoms with Crippen molar-refractivity contribution in [2.45, 2.75) is 43.0 Å². The van der Waals surface area contributed by atoms with E-state index in [1.807, 2.05) is 170 Å². The van der Waals surface area contributed by atoms with Gasteiger partial charge in [0.05, 0.1) is 0 Å². The van der Waals surface area contributed by atoms with Crippen LogP contribution in [0.2, 0.25) is 0 Å². The van der Waals surface area contributed by atoms with Crippen molar-refractivity contribution >= 4 is 87.8 Å². The number of benzene rings is 8. The van der Waals surface area contributed by atoms with Gasteiger partial charge >= 0.3 is 0 Å². The minimum atomic E-state index is -2.13. The van der Waals surface area contributed by atoms with E-state index in [-0.39, 0.29) is 0 Å². The summed E-state index contributed by atoms with van der Waals surface area (Å²) in [7, 11) is 0. The molecule has 63 heavy (non-hydrogen) atoms. The second-order valence-electron chi connectivity index (χ2n) is 17.1. The molecule has 0 unspecified atom stereocenters. The molecule has 4 aromatic heterocycles. The van der Waals surface area contributed by atoms with Gasteiger partial charge in [-0.05, 0) is 38.1 Å². The summed E-state index contributed by atoms with van der Waals surface area (Å²) in [4.78, 5) is 0. The molecule has 0 saturated carbocycles. The molecule has 12 aromatic rings. The minimum absolute atomic E-state index is 0.409. The number of aliphatic hydroxyl groups is 2. The standard InChI is InChI=1S/C55H38O8/c1-53(2)62-51(54(56,39-23-11-19-35-31-15-3-7-27-43(31)58-47(35)39)40-24-12-20-36-32-16-4-8-28-44(32)59-48(36)40)52(63-53)55(57,41-25-13-21-37-33-17-5-9-29-45(33)60-49(37)41)42-26-14-22-38-34-18-6-10-30-46(34)61-50(38)42/h3-30,51-52,56-57H,1-2H3/t51-,52-/m1/s1. The first-order valence-electron chi connectivity index (χ1n) is 21.2. The van der Waals surface area contributed by atoms with Crippen LogP contribution in [-0.2, 0) is 20.7 Å². The third kappa shape index (κ3) is 5.00. The largest absolute Gasteiger partial charge is 0.456 e. The molecule has 8 aromatic carbocycles. The molecule has 13 rings (SSSR count). The van der Waals surface area contributed by atoms with E-state index >= 15 is 0 Å². The van der Waals surface area contributed by atoms with Crippen LogP contribution in [-0.4, -0.2) is 28.2 Å². The highest BCUT2D eigenvalue weighted by molar-refractivity contribution is 6.10. The summed E-state index contributed by atoms with van der Waals surface area (Å²) < 4.78 is 41.2. The second-order valence-corrected chi connectivity index (χ2v) is 17.1. The zero-order valence-electron chi connectivity index (χ0n) is 34.2. The first-order chi connectivity index (χ1) is 30.7. The fourth-order valence-corrected chi connectivity index (χ4v) is 10.5. The lowest BCUT2D eigenvalue weighted by Gasteiger charge is -2.42. The average molecular weight is 827 g/mol. The number of hydrogen-bond acceptors (Lipinski definition) is 8. The summed E-state index contributed by atoms with van der Waals surface area (Å²) in [6, 6.07) is 54.3. The Hall–Kier alpha value is -7.20. The first kappa shape index (κ1) is 36.5. The van der Waals surface area contributed by atoms with E-state index in [0.717, 1.165) is 43.1 Å². The number of hydrogen-bond donors (Lipinski definition) is 2. The van der Waals surface area contributed by atoms with Gasteiger partial charge < -0.3 is 37.4 Å². The average Bonchev–Trinajstić information content (AvgIpc) is 4.14. The fourth-order valence-electron chi connectivity index (χ4n) is 10.5. The van der Waals surface area contributed by atoms with Crippen LogP contribution in [0.15, 0.2) is 188 Å². The highest BCUT2D eigenvalue weighted by Crippen LogP contribution is 2.55. The third-order valence-electron chi connectivity index (χ3n) is 13.2. The molecule has 8 heteroatoms. The molecular formula is C55H38O8. The molecule has 2 atom stereocenters. The lowest BCUT2D eigenvalue weighted by Crippen LogP contribution is -2.55. The molecule has 1 fully saturated rings. The summed E-state index contributed by atoms with van der Waals surface area (Å²) in [6.07, 6.45) is -2.70. The lowest BCUT2D eigenvalue weighted by molar-refractivity contribution is -0.172. The van der Waals surface area contributed by atoms with Crippen LogP contribution in [0.1, 0.15) is 36.1 Å². The van der Waals surface area contributed by atoms with Gasteiger partial charge in [0.25, 0.3) is 0 Å². The molecule has 1 aliphatic heterocycles. The summed E-state index contributed by atoms with van der Waals surface area (Å²) in [5, 5.41) is 35.9. The highest BCUT2D eigenvalue weighted by atomic mass is 16.8. The van der Waals surface area contributed by atoms with Gasteiger partial charge in [-0.25, -0.2) is 0 Å². The van der Waals surface area contributed by atoms with E-state index in [9.17, 15) is 10.2 Å². The Balaban J connectivity index is 1.16. The van der Waals surface area contributed by atoms with Crippen LogP contribution < -0.4 is 0 Å². The van der Waals surface area contributed by atoms with E-state index in [1.54, 1.807) is 13.8 Å². The maximum absolute atomic E-state index is 14.5. The Morgan fingerprint density at radius 2 is 0.571 bits per heavy atom. The minimum Gasteiger partial charge on any atom is -0.456 e. The predicted octanol–water partition coefficient (Wildman–Crippen LogP) is 13.0. The summed E-state index contributed by atoms with van der Waals surface area (Å²) in [6.45, 7) is 3.60. The van der Waals surface area contributed by atoms with Gasteiger partial charge in [0.2, 0.25) is 0 Å². The molecule has 0 spiro atoms. The van der Waals surface area contributed by atoms with Crippen molar-refractivity contribution in [3.63, 3.8) is 0 Å². The van der Waals surface area contributed by atoms with Crippen LogP contribution >= 0.6 is 0 Å². The van der Waals surface area contributed by atoms with Gasteiger partial charge in [-0.2, -0.15) is 0 Å². The smallest absolute Gasteiger partial charge is 0.164 e. The first-order valence-corrected chi connectivity index (χ1v) is 21.2. The number of para-hydroxylation sites is 8. The van der Waals surface area contributed by atoms with Crippen molar-refractivity contribution in [1.29, 1.82) is 0 Å². The summed E-state index contributed by atoms with van der Waals surface area (Å²) >= 11 is 0. The van der Waals surface area contributed by atoms with Gasteiger partial charge in [0, 0.05) is 65.3 Å². The van der Waals surface area contributed by atoms with E-state index < -0.39 is 29.2 Å². The summed E-state index contributed by atoms with van der Waals surface area (Å²) in [5.41, 5.74) is 1.87. The fraction of sp³-hybridized carbons (Fsp3) is 0.127. The Morgan fingerprint density at radius 3 is 0.841 bits per heavy atom. The molecule has 0 aliphatic carbocycles. The van der Waals surface area contributed by atoms with Crippen molar-refractivity contribution in [2.24, 2.45) is 0 Å². The Morgan fingerprint density at radius 1 is 0.333 bits per heavy atom. The molecule has 1 saturated heterocycles. The summed E-state index contributed by atoms with van der Waals surface area (Å²) in [5.74, 6) is -1.36. The van der Waals surface area contributed by atoms with Crippen LogP contribution in [0.3, 0.4) is 0 Å². The normalized spacial score (nSPS) is 17.2. The third-order valence-corrected chi connectivity index (χ3v) is 13.2. The van der Waals surface area contributed by atoms with Crippen molar-refractivity contribution in [3.8, 4) is 0 Å². The van der Waals surface area contributed by atoms with E-state index in [1.165, 1.54) is 0 Å². The molecule has 306 valence electrons.